The minimum atomic E-state index is -0.485. The molecule has 3 aromatic rings. The molecular weight excluding hydrogens is 366 g/mol. The van der Waals surface area contributed by atoms with Gasteiger partial charge in [0.15, 0.2) is 11.0 Å². The van der Waals surface area contributed by atoms with Crippen molar-refractivity contribution in [1.29, 1.82) is 0 Å². The van der Waals surface area contributed by atoms with Crippen molar-refractivity contribution in [2.75, 3.05) is 11.1 Å². The normalized spacial score (nSPS) is 10.6. The fourth-order valence-corrected chi connectivity index (χ4v) is 3.18. The SMILES string of the molecule is Cc1cccc(-c2nnc(SCC(=O)Nc3ccc([N+](=O)[O-])cc3)n2C)c1. The first-order valence-electron chi connectivity index (χ1n) is 8.07. The summed E-state index contributed by atoms with van der Waals surface area (Å²) in [5.41, 5.74) is 2.58. The van der Waals surface area contributed by atoms with Gasteiger partial charge in [-0.2, -0.15) is 0 Å². The molecule has 3 rings (SSSR count). The molecule has 0 fully saturated rings. The van der Waals surface area contributed by atoms with Crippen LogP contribution in [0, 0.1) is 17.0 Å². The van der Waals surface area contributed by atoms with Gasteiger partial charge in [-0.25, -0.2) is 0 Å². The zero-order valence-corrected chi connectivity index (χ0v) is 15.6. The van der Waals surface area contributed by atoms with Crippen LogP contribution < -0.4 is 5.32 Å². The van der Waals surface area contributed by atoms with Gasteiger partial charge in [0.05, 0.1) is 10.7 Å². The van der Waals surface area contributed by atoms with E-state index in [4.69, 9.17) is 0 Å². The fraction of sp³-hybridized carbons (Fsp3) is 0.167. The number of nitro benzene ring substituents is 1. The molecule has 0 atom stereocenters. The summed E-state index contributed by atoms with van der Waals surface area (Å²) < 4.78 is 1.85. The number of anilines is 1. The van der Waals surface area contributed by atoms with Crippen molar-refractivity contribution in [1.82, 2.24) is 14.8 Å². The number of rotatable bonds is 6. The Hall–Kier alpha value is -3.20. The van der Waals surface area contributed by atoms with Crippen LogP contribution in [0.2, 0.25) is 0 Å². The lowest BCUT2D eigenvalue weighted by Crippen LogP contribution is -2.14. The molecule has 0 saturated carbocycles. The molecule has 0 radical (unpaired) electrons. The number of aryl methyl sites for hydroxylation is 1. The van der Waals surface area contributed by atoms with Crippen molar-refractivity contribution in [2.24, 2.45) is 7.05 Å². The van der Waals surface area contributed by atoms with Crippen LogP contribution in [-0.4, -0.2) is 31.3 Å². The zero-order chi connectivity index (χ0) is 19.4. The maximum atomic E-state index is 12.1. The third-order valence-corrected chi connectivity index (χ3v) is 4.83. The van der Waals surface area contributed by atoms with Crippen LogP contribution in [0.25, 0.3) is 11.4 Å². The van der Waals surface area contributed by atoms with Crippen molar-refractivity contribution >= 4 is 29.0 Å². The molecule has 0 aliphatic rings. The van der Waals surface area contributed by atoms with E-state index in [0.717, 1.165) is 17.0 Å². The third kappa shape index (κ3) is 4.50. The van der Waals surface area contributed by atoms with Crippen molar-refractivity contribution < 1.29 is 9.72 Å². The number of non-ortho nitro benzene ring substituents is 1. The van der Waals surface area contributed by atoms with E-state index in [-0.39, 0.29) is 17.3 Å². The quantitative estimate of drug-likeness (QED) is 0.397. The van der Waals surface area contributed by atoms with E-state index in [0.29, 0.717) is 10.8 Å². The largest absolute Gasteiger partial charge is 0.325 e. The molecule has 0 bridgehead atoms. The Bertz CT molecular complexity index is 985. The molecule has 138 valence electrons. The number of thioether (sulfide) groups is 1. The van der Waals surface area contributed by atoms with Crippen molar-refractivity contribution in [3.63, 3.8) is 0 Å². The van der Waals surface area contributed by atoms with Crippen molar-refractivity contribution in [3.8, 4) is 11.4 Å². The molecule has 27 heavy (non-hydrogen) atoms. The van der Waals surface area contributed by atoms with Gasteiger partial charge < -0.3 is 9.88 Å². The molecule has 9 heteroatoms. The number of nitro groups is 1. The van der Waals surface area contributed by atoms with Gasteiger partial charge >= 0.3 is 0 Å². The number of carbonyl (C=O) groups is 1. The fourth-order valence-electron chi connectivity index (χ4n) is 2.47. The van der Waals surface area contributed by atoms with E-state index in [9.17, 15) is 14.9 Å². The molecule has 1 amide bonds. The average Bonchev–Trinajstić information content (AvgIpc) is 3.01. The first-order valence-corrected chi connectivity index (χ1v) is 9.06. The third-order valence-electron chi connectivity index (χ3n) is 3.81. The highest BCUT2D eigenvalue weighted by molar-refractivity contribution is 7.99. The monoisotopic (exact) mass is 383 g/mol. The summed E-state index contributed by atoms with van der Waals surface area (Å²) in [4.78, 5) is 22.3. The van der Waals surface area contributed by atoms with E-state index < -0.39 is 4.92 Å². The van der Waals surface area contributed by atoms with Crippen LogP contribution in [-0.2, 0) is 11.8 Å². The number of amides is 1. The lowest BCUT2D eigenvalue weighted by molar-refractivity contribution is -0.384. The molecule has 0 unspecified atom stereocenters. The van der Waals surface area contributed by atoms with Crippen LogP contribution in [0.1, 0.15) is 5.56 Å². The predicted molar refractivity (Wildman–Crippen MR) is 104 cm³/mol. The van der Waals surface area contributed by atoms with Crippen molar-refractivity contribution in [2.45, 2.75) is 12.1 Å². The lowest BCUT2D eigenvalue weighted by atomic mass is 10.1. The molecule has 0 aliphatic carbocycles. The van der Waals surface area contributed by atoms with Gasteiger partial charge in [0, 0.05) is 30.4 Å². The van der Waals surface area contributed by atoms with Gasteiger partial charge in [-0.05, 0) is 25.1 Å². The highest BCUT2D eigenvalue weighted by Gasteiger charge is 2.13. The summed E-state index contributed by atoms with van der Waals surface area (Å²) >= 11 is 1.27. The summed E-state index contributed by atoms with van der Waals surface area (Å²) in [5.74, 6) is 0.655. The number of aromatic nitrogens is 3. The maximum absolute atomic E-state index is 12.1. The van der Waals surface area contributed by atoms with Gasteiger partial charge in [0.1, 0.15) is 0 Å². The van der Waals surface area contributed by atoms with Gasteiger partial charge in [0.2, 0.25) is 5.91 Å². The van der Waals surface area contributed by atoms with Gasteiger partial charge in [0.25, 0.3) is 5.69 Å². The zero-order valence-electron chi connectivity index (χ0n) is 14.7. The number of hydrogen-bond donors (Lipinski definition) is 1. The van der Waals surface area contributed by atoms with Crippen LogP contribution >= 0.6 is 11.8 Å². The van der Waals surface area contributed by atoms with Crippen molar-refractivity contribution in [3.05, 3.63) is 64.2 Å². The second kappa shape index (κ2) is 8.00. The molecule has 1 N–H and O–H groups in total. The summed E-state index contributed by atoms with van der Waals surface area (Å²) in [6, 6.07) is 13.7. The van der Waals surface area contributed by atoms with Gasteiger partial charge in [-0.3, -0.25) is 14.9 Å². The van der Waals surface area contributed by atoms with E-state index >= 15 is 0 Å². The molecular formula is C18H17N5O3S. The summed E-state index contributed by atoms with van der Waals surface area (Å²) in [6.07, 6.45) is 0. The van der Waals surface area contributed by atoms with Crippen LogP contribution in [0.15, 0.2) is 53.7 Å². The minimum absolute atomic E-state index is 0.0230. The first-order chi connectivity index (χ1) is 12.9. The second-order valence-corrected chi connectivity index (χ2v) is 6.82. The van der Waals surface area contributed by atoms with Gasteiger partial charge in [-0.15, -0.1) is 10.2 Å². The Kier molecular flexibility index (Phi) is 5.51. The summed E-state index contributed by atoms with van der Waals surface area (Å²) in [7, 11) is 1.86. The van der Waals surface area contributed by atoms with E-state index in [1.165, 1.54) is 36.0 Å². The Morgan fingerprint density at radius 1 is 1.22 bits per heavy atom. The predicted octanol–water partition coefficient (Wildman–Crippen LogP) is 3.43. The molecule has 0 aliphatic heterocycles. The Balaban J connectivity index is 1.61. The number of nitrogens with zero attached hydrogens (tertiary/aromatic N) is 4. The molecule has 1 heterocycles. The maximum Gasteiger partial charge on any atom is 0.269 e. The second-order valence-electron chi connectivity index (χ2n) is 5.88. The Labute approximate surface area is 159 Å². The average molecular weight is 383 g/mol. The topological polar surface area (TPSA) is 103 Å². The van der Waals surface area contributed by atoms with E-state index in [1.54, 1.807) is 0 Å². The first kappa shape index (κ1) is 18.6. The summed E-state index contributed by atoms with van der Waals surface area (Å²) in [5, 5.41) is 22.3. The Morgan fingerprint density at radius 3 is 2.63 bits per heavy atom. The number of nitrogens with one attached hydrogen (secondary N) is 1. The van der Waals surface area contributed by atoms with Crippen LogP contribution in [0.3, 0.4) is 0 Å². The highest BCUT2D eigenvalue weighted by Crippen LogP contribution is 2.23. The minimum Gasteiger partial charge on any atom is -0.325 e. The Morgan fingerprint density at radius 2 is 1.96 bits per heavy atom. The standard InChI is InChI=1S/C18H17N5O3S/c1-12-4-3-5-13(10-12)17-20-21-18(22(17)2)27-11-16(24)19-14-6-8-15(9-7-14)23(25)26/h3-10H,11H2,1-2H3,(H,19,24). The van der Waals surface area contributed by atoms with Crippen LogP contribution in [0.5, 0.6) is 0 Å². The smallest absolute Gasteiger partial charge is 0.269 e. The number of hydrogen-bond acceptors (Lipinski definition) is 6. The lowest BCUT2D eigenvalue weighted by Gasteiger charge is -2.06. The summed E-state index contributed by atoms with van der Waals surface area (Å²) in [6.45, 7) is 2.01. The molecule has 1 aromatic heterocycles. The number of carbonyl (C=O) groups excluding carboxylic acids is 1. The molecule has 0 saturated heterocycles. The van der Waals surface area contributed by atoms with Crippen LogP contribution in [0.4, 0.5) is 11.4 Å². The van der Waals surface area contributed by atoms with Gasteiger partial charge in [-0.1, -0.05) is 35.5 Å². The molecule has 2 aromatic carbocycles. The molecule has 8 nitrogen and oxygen atoms in total. The number of benzene rings is 2. The highest BCUT2D eigenvalue weighted by atomic mass is 32.2. The molecule has 0 spiro atoms. The van der Waals surface area contributed by atoms with E-state index in [1.807, 2.05) is 42.8 Å². The van der Waals surface area contributed by atoms with E-state index in [2.05, 4.69) is 15.5 Å².